The van der Waals surface area contributed by atoms with Crippen LogP contribution in [0, 0.1) is 0 Å². The van der Waals surface area contributed by atoms with Crippen molar-refractivity contribution in [1.82, 2.24) is 15.1 Å². The molecule has 0 N–H and O–H groups in total. The number of benzene rings is 1. The van der Waals surface area contributed by atoms with E-state index in [2.05, 4.69) is 33.5 Å². The van der Waals surface area contributed by atoms with Crippen molar-refractivity contribution >= 4 is 22.9 Å². The van der Waals surface area contributed by atoms with Crippen molar-refractivity contribution in [2.75, 3.05) is 6.54 Å². The van der Waals surface area contributed by atoms with Crippen LogP contribution >= 0.6 is 22.9 Å². The minimum atomic E-state index is 0.100. The van der Waals surface area contributed by atoms with Gasteiger partial charge in [-0.3, -0.25) is 4.90 Å². The van der Waals surface area contributed by atoms with Crippen molar-refractivity contribution in [3.63, 3.8) is 0 Å². The molecule has 2 aromatic heterocycles. The number of hydrogen-bond donors (Lipinski definition) is 0. The highest BCUT2D eigenvalue weighted by atomic mass is 35.5. The van der Waals surface area contributed by atoms with Gasteiger partial charge in [0, 0.05) is 28.6 Å². The van der Waals surface area contributed by atoms with E-state index in [1.165, 1.54) is 10.4 Å². The molecule has 0 saturated carbocycles. The standard InChI is InChI=1S/C17H16ClN3OS/c1-11(21-7-5-15-13(10-21)6-8-23-15)16-19-20-17(22-16)12-3-2-4-14(18)9-12/h2-4,6,8-9,11H,5,7,10H2,1H3. The molecule has 0 spiro atoms. The lowest BCUT2D eigenvalue weighted by atomic mass is 10.1. The normalized spacial score (nSPS) is 16.3. The predicted octanol–water partition coefficient (Wildman–Crippen LogP) is 4.57. The van der Waals surface area contributed by atoms with Crippen molar-refractivity contribution in [3.05, 3.63) is 57.1 Å². The first-order valence-corrected chi connectivity index (χ1v) is 8.85. The van der Waals surface area contributed by atoms with E-state index < -0.39 is 0 Å². The largest absolute Gasteiger partial charge is 0.419 e. The van der Waals surface area contributed by atoms with Gasteiger partial charge in [0.05, 0.1) is 6.04 Å². The number of hydrogen-bond acceptors (Lipinski definition) is 5. The summed E-state index contributed by atoms with van der Waals surface area (Å²) in [4.78, 5) is 3.88. The molecular formula is C17H16ClN3OS. The molecule has 23 heavy (non-hydrogen) atoms. The van der Waals surface area contributed by atoms with E-state index in [4.69, 9.17) is 16.0 Å². The minimum Gasteiger partial charge on any atom is -0.419 e. The fraction of sp³-hybridized carbons (Fsp3) is 0.294. The summed E-state index contributed by atoms with van der Waals surface area (Å²) in [5.74, 6) is 1.17. The molecule has 4 nitrogen and oxygen atoms in total. The van der Waals surface area contributed by atoms with E-state index in [9.17, 15) is 0 Å². The molecule has 0 amide bonds. The van der Waals surface area contributed by atoms with Crippen molar-refractivity contribution in [1.29, 1.82) is 0 Å². The summed E-state index contributed by atoms with van der Waals surface area (Å²) >= 11 is 7.87. The van der Waals surface area contributed by atoms with Gasteiger partial charge in [-0.25, -0.2) is 0 Å². The van der Waals surface area contributed by atoms with Gasteiger partial charge in [-0.05, 0) is 48.6 Å². The summed E-state index contributed by atoms with van der Waals surface area (Å²) in [5, 5.41) is 11.3. The Balaban J connectivity index is 1.55. The number of halogens is 1. The third-order valence-electron chi connectivity index (χ3n) is 4.25. The van der Waals surface area contributed by atoms with Gasteiger partial charge in [0.2, 0.25) is 11.8 Å². The Morgan fingerprint density at radius 3 is 3.09 bits per heavy atom. The topological polar surface area (TPSA) is 42.2 Å². The lowest BCUT2D eigenvalue weighted by Crippen LogP contribution is -2.32. The molecule has 3 aromatic rings. The number of aromatic nitrogens is 2. The molecule has 0 fully saturated rings. The summed E-state index contributed by atoms with van der Waals surface area (Å²) < 4.78 is 5.89. The Bertz CT molecular complexity index is 829. The highest BCUT2D eigenvalue weighted by Gasteiger charge is 2.26. The lowest BCUT2D eigenvalue weighted by molar-refractivity contribution is 0.168. The maximum absolute atomic E-state index is 6.03. The van der Waals surface area contributed by atoms with Crippen LogP contribution in [0.25, 0.3) is 11.5 Å². The summed E-state index contributed by atoms with van der Waals surface area (Å²) in [6.45, 7) is 4.07. The average molecular weight is 346 g/mol. The first-order chi connectivity index (χ1) is 11.2. The van der Waals surface area contributed by atoms with Gasteiger partial charge in [-0.1, -0.05) is 17.7 Å². The first-order valence-electron chi connectivity index (χ1n) is 7.59. The number of fused-ring (bicyclic) bond motifs is 1. The van der Waals surface area contributed by atoms with Gasteiger partial charge in [-0.15, -0.1) is 21.5 Å². The Kier molecular flexibility index (Phi) is 3.93. The van der Waals surface area contributed by atoms with E-state index >= 15 is 0 Å². The molecule has 0 bridgehead atoms. The molecule has 1 atom stereocenters. The van der Waals surface area contributed by atoms with Crippen molar-refractivity contribution < 1.29 is 4.42 Å². The summed E-state index contributed by atoms with van der Waals surface area (Å²) in [6.07, 6.45) is 1.09. The zero-order valence-electron chi connectivity index (χ0n) is 12.7. The van der Waals surface area contributed by atoms with Crippen LogP contribution in [0.15, 0.2) is 40.1 Å². The fourth-order valence-corrected chi connectivity index (χ4v) is 3.98. The Hall–Kier alpha value is -1.69. The first kappa shape index (κ1) is 14.9. The summed E-state index contributed by atoms with van der Waals surface area (Å²) in [5.41, 5.74) is 2.27. The van der Waals surface area contributed by atoms with Crippen molar-refractivity contribution in [2.45, 2.75) is 25.9 Å². The van der Waals surface area contributed by atoms with Crippen LogP contribution in [0.2, 0.25) is 5.02 Å². The Morgan fingerprint density at radius 2 is 2.22 bits per heavy atom. The number of rotatable bonds is 3. The SMILES string of the molecule is CC(c1nnc(-c2cccc(Cl)c2)o1)N1CCc2sccc2C1. The zero-order valence-corrected chi connectivity index (χ0v) is 14.3. The van der Waals surface area contributed by atoms with E-state index in [1.54, 1.807) is 0 Å². The van der Waals surface area contributed by atoms with Gasteiger partial charge >= 0.3 is 0 Å². The molecule has 1 unspecified atom stereocenters. The van der Waals surface area contributed by atoms with E-state index in [1.807, 2.05) is 35.6 Å². The molecule has 4 rings (SSSR count). The van der Waals surface area contributed by atoms with Crippen LogP contribution in [0.1, 0.15) is 29.3 Å². The highest BCUT2D eigenvalue weighted by Crippen LogP contribution is 2.31. The molecule has 1 aromatic carbocycles. The second kappa shape index (κ2) is 6.07. The quantitative estimate of drug-likeness (QED) is 0.697. The number of nitrogens with zero attached hydrogens (tertiary/aromatic N) is 3. The summed E-state index contributed by atoms with van der Waals surface area (Å²) in [6, 6.07) is 9.78. The van der Waals surface area contributed by atoms with Crippen LogP contribution in [0.5, 0.6) is 0 Å². The Labute approximate surface area is 143 Å². The van der Waals surface area contributed by atoms with E-state index in [0.29, 0.717) is 16.8 Å². The molecule has 0 radical (unpaired) electrons. The smallest absolute Gasteiger partial charge is 0.247 e. The second-order valence-electron chi connectivity index (χ2n) is 5.72. The molecule has 6 heteroatoms. The van der Waals surface area contributed by atoms with Gasteiger partial charge in [0.15, 0.2) is 0 Å². The van der Waals surface area contributed by atoms with Gasteiger partial charge in [0.25, 0.3) is 0 Å². The zero-order chi connectivity index (χ0) is 15.8. The van der Waals surface area contributed by atoms with E-state index in [-0.39, 0.29) is 6.04 Å². The Morgan fingerprint density at radius 1 is 1.30 bits per heavy atom. The van der Waals surface area contributed by atoms with Crippen LogP contribution in [-0.2, 0) is 13.0 Å². The predicted molar refractivity (Wildman–Crippen MR) is 91.6 cm³/mol. The molecule has 0 aliphatic carbocycles. The van der Waals surface area contributed by atoms with Gasteiger partial charge in [0.1, 0.15) is 0 Å². The highest BCUT2D eigenvalue weighted by molar-refractivity contribution is 7.10. The van der Waals surface area contributed by atoms with Crippen LogP contribution in [-0.4, -0.2) is 21.6 Å². The minimum absolute atomic E-state index is 0.100. The average Bonchev–Trinajstić information content (AvgIpc) is 3.22. The molecule has 0 saturated heterocycles. The molecule has 1 aliphatic rings. The van der Waals surface area contributed by atoms with Gasteiger partial charge in [-0.2, -0.15) is 0 Å². The molecule has 118 valence electrons. The van der Waals surface area contributed by atoms with Crippen molar-refractivity contribution in [3.8, 4) is 11.5 Å². The van der Waals surface area contributed by atoms with Crippen molar-refractivity contribution in [2.24, 2.45) is 0 Å². The van der Waals surface area contributed by atoms with Crippen LogP contribution < -0.4 is 0 Å². The fourth-order valence-electron chi connectivity index (χ4n) is 2.90. The van der Waals surface area contributed by atoms with Crippen LogP contribution in [0.4, 0.5) is 0 Å². The third-order valence-corrected chi connectivity index (χ3v) is 5.51. The van der Waals surface area contributed by atoms with E-state index in [0.717, 1.165) is 25.1 Å². The lowest BCUT2D eigenvalue weighted by Gasteiger charge is -2.30. The van der Waals surface area contributed by atoms with Crippen LogP contribution in [0.3, 0.4) is 0 Å². The molecular weight excluding hydrogens is 330 g/mol. The molecule has 3 heterocycles. The molecule has 1 aliphatic heterocycles. The second-order valence-corrected chi connectivity index (χ2v) is 7.16. The number of thiophene rings is 1. The third kappa shape index (κ3) is 2.92. The monoisotopic (exact) mass is 345 g/mol. The maximum atomic E-state index is 6.03. The maximum Gasteiger partial charge on any atom is 0.247 e. The van der Waals surface area contributed by atoms with Gasteiger partial charge < -0.3 is 4.42 Å². The summed E-state index contributed by atoms with van der Waals surface area (Å²) in [7, 11) is 0.